The molecule has 0 fully saturated rings. The van der Waals surface area contributed by atoms with Gasteiger partial charge in [-0.2, -0.15) is 17.7 Å². The Morgan fingerprint density at radius 3 is 2.27 bits per heavy atom. The van der Waals surface area contributed by atoms with Crippen LogP contribution in [0.25, 0.3) is 42.2 Å². The number of thiophene rings is 1. The molecule has 0 aliphatic rings. The van der Waals surface area contributed by atoms with Gasteiger partial charge in [-0.25, -0.2) is 0 Å². The summed E-state index contributed by atoms with van der Waals surface area (Å²) in [6.45, 7) is 12.9. The lowest BCUT2D eigenvalue weighted by Crippen LogP contribution is -2.31. The molecule has 0 saturated heterocycles. The number of aryl methyl sites for hydroxylation is 3. The van der Waals surface area contributed by atoms with Crippen molar-refractivity contribution in [2.75, 3.05) is 0 Å². The van der Waals surface area contributed by atoms with Gasteiger partial charge in [0.25, 0.3) is 0 Å². The number of thioether (sulfide) groups is 1. The summed E-state index contributed by atoms with van der Waals surface area (Å²) in [6, 6.07) is 14.9. The summed E-state index contributed by atoms with van der Waals surface area (Å²) in [5, 5.41) is 3.78. The molecule has 0 unspecified atom stereocenters. The predicted molar refractivity (Wildman–Crippen MR) is 153 cm³/mol. The van der Waals surface area contributed by atoms with Crippen molar-refractivity contribution in [1.29, 1.82) is 0 Å². The highest BCUT2D eigenvalue weighted by Gasteiger charge is 2.34. The average Bonchev–Trinajstić information content (AvgIpc) is 3.14. The Balaban J connectivity index is 1.87. The van der Waals surface area contributed by atoms with E-state index in [0.29, 0.717) is 5.39 Å². The van der Waals surface area contributed by atoms with E-state index in [1.165, 1.54) is 11.1 Å². The molecule has 37 heavy (non-hydrogen) atoms. The number of nitrogens with zero attached hydrogens (tertiary/aromatic N) is 1. The third-order valence-corrected chi connectivity index (χ3v) is 8.89. The Hall–Kier alpha value is -2.57. The second-order valence-corrected chi connectivity index (χ2v) is 13.4. The Kier molecular flexibility index (Phi) is 6.35. The molecule has 0 radical (unpaired) electrons. The molecule has 0 atom stereocenters. The molecular weight excluding hydrogens is 507 g/mol. The molecule has 2 heterocycles. The highest BCUT2D eigenvalue weighted by molar-refractivity contribution is 8.00. The fourth-order valence-corrected chi connectivity index (χ4v) is 7.62. The number of aromatic nitrogens is 1. The molecule has 0 saturated carbocycles. The van der Waals surface area contributed by atoms with Crippen molar-refractivity contribution in [3.05, 3.63) is 70.9 Å². The molecule has 0 bridgehead atoms. The zero-order chi connectivity index (χ0) is 26.9. The Morgan fingerprint density at radius 1 is 0.892 bits per heavy atom. The largest absolute Gasteiger partial charge is 0.446 e. The Labute approximate surface area is 224 Å². The minimum atomic E-state index is -4.37. The van der Waals surface area contributed by atoms with Crippen LogP contribution in [0.5, 0.6) is 0 Å². The van der Waals surface area contributed by atoms with E-state index in [9.17, 15) is 13.2 Å². The quantitative estimate of drug-likeness (QED) is 0.163. The van der Waals surface area contributed by atoms with Crippen LogP contribution in [-0.2, 0) is 13.5 Å². The van der Waals surface area contributed by atoms with Crippen molar-refractivity contribution in [3.63, 3.8) is 0 Å². The number of benzene rings is 3. The van der Waals surface area contributed by atoms with Gasteiger partial charge in [-0.05, 0) is 77.9 Å². The Bertz CT molecular complexity index is 1690. The molecule has 6 heteroatoms. The van der Waals surface area contributed by atoms with Gasteiger partial charge in [-0.15, -0.1) is 11.3 Å². The number of hydrogen-bond donors (Lipinski definition) is 0. The molecule has 0 amide bonds. The van der Waals surface area contributed by atoms with Crippen LogP contribution >= 0.6 is 23.1 Å². The third-order valence-electron chi connectivity index (χ3n) is 6.89. The van der Waals surface area contributed by atoms with Gasteiger partial charge >= 0.3 is 5.51 Å². The molecule has 0 aliphatic carbocycles. The van der Waals surface area contributed by atoms with Gasteiger partial charge in [0.2, 0.25) is 5.69 Å². The van der Waals surface area contributed by atoms with Crippen molar-refractivity contribution >= 4 is 54.0 Å². The maximum absolute atomic E-state index is 13.7. The molecule has 5 aromatic rings. The molecule has 0 N–H and O–H groups in total. The van der Waals surface area contributed by atoms with Crippen LogP contribution in [0.1, 0.15) is 43.0 Å². The van der Waals surface area contributed by atoms with E-state index in [0.717, 1.165) is 54.4 Å². The summed E-state index contributed by atoms with van der Waals surface area (Å²) in [6.07, 6.45) is 2.61. The summed E-state index contributed by atoms with van der Waals surface area (Å²) < 4.78 is 44.9. The maximum atomic E-state index is 13.7. The number of rotatable bonds is 3. The fraction of sp³-hybridized carbons (Fsp3) is 0.323. The number of alkyl halides is 3. The van der Waals surface area contributed by atoms with E-state index >= 15 is 0 Å². The molecule has 3 aromatic carbocycles. The number of halogens is 3. The van der Waals surface area contributed by atoms with Gasteiger partial charge in [-0.3, -0.25) is 0 Å². The topological polar surface area (TPSA) is 3.88 Å². The van der Waals surface area contributed by atoms with Crippen LogP contribution in [0.15, 0.2) is 53.6 Å². The minimum Gasteiger partial charge on any atom is -0.199 e. The SMILES string of the molecule is Cc1cc(C)c(C)c(-c2c3sc4c5ccc(CC(C)(C)C)cc5ccc4c3c(SC(F)(F)F)c[n+]2C)c1. The molecular formula is C31H31F3NS2+. The first-order valence-electron chi connectivity index (χ1n) is 12.4. The first kappa shape index (κ1) is 26.1. The first-order valence-corrected chi connectivity index (χ1v) is 14.0. The first-order chi connectivity index (χ1) is 17.2. The van der Waals surface area contributed by atoms with Crippen LogP contribution < -0.4 is 4.57 Å². The van der Waals surface area contributed by atoms with Crippen molar-refractivity contribution in [3.8, 4) is 11.3 Å². The van der Waals surface area contributed by atoms with Crippen LogP contribution in [0.2, 0.25) is 0 Å². The predicted octanol–water partition coefficient (Wildman–Crippen LogP) is 9.82. The van der Waals surface area contributed by atoms with Gasteiger partial charge in [-0.1, -0.05) is 62.7 Å². The third kappa shape index (κ3) is 4.98. The van der Waals surface area contributed by atoms with Gasteiger partial charge in [0.05, 0.1) is 10.5 Å². The number of pyridine rings is 1. The van der Waals surface area contributed by atoms with Crippen molar-refractivity contribution < 1.29 is 17.7 Å². The molecule has 192 valence electrons. The van der Waals surface area contributed by atoms with E-state index in [-0.39, 0.29) is 22.1 Å². The molecule has 0 aliphatic heterocycles. The highest BCUT2D eigenvalue weighted by atomic mass is 32.2. The minimum absolute atomic E-state index is 0.0217. The highest BCUT2D eigenvalue weighted by Crippen LogP contribution is 2.48. The second kappa shape index (κ2) is 9.02. The number of hydrogen-bond acceptors (Lipinski definition) is 2. The van der Waals surface area contributed by atoms with E-state index < -0.39 is 5.51 Å². The van der Waals surface area contributed by atoms with Crippen LogP contribution in [0, 0.1) is 26.2 Å². The molecule has 2 aromatic heterocycles. The lowest BCUT2D eigenvalue weighted by atomic mass is 9.87. The summed E-state index contributed by atoms with van der Waals surface area (Å²) in [7, 11) is 1.85. The summed E-state index contributed by atoms with van der Waals surface area (Å²) in [5.41, 5.74) is 2.56. The fourth-order valence-electron chi connectivity index (χ4n) is 5.33. The van der Waals surface area contributed by atoms with E-state index in [1.807, 2.05) is 17.7 Å². The smallest absolute Gasteiger partial charge is 0.199 e. The van der Waals surface area contributed by atoms with Crippen LogP contribution in [0.3, 0.4) is 0 Å². The Morgan fingerprint density at radius 2 is 1.59 bits per heavy atom. The lowest BCUT2D eigenvalue weighted by molar-refractivity contribution is -0.661. The second-order valence-electron chi connectivity index (χ2n) is 11.3. The van der Waals surface area contributed by atoms with Gasteiger partial charge < -0.3 is 0 Å². The van der Waals surface area contributed by atoms with E-state index in [4.69, 9.17) is 0 Å². The van der Waals surface area contributed by atoms with Crippen LogP contribution in [0.4, 0.5) is 13.2 Å². The lowest BCUT2D eigenvalue weighted by Gasteiger charge is -2.18. The van der Waals surface area contributed by atoms with E-state index in [2.05, 4.69) is 77.9 Å². The van der Waals surface area contributed by atoms with Gasteiger partial charge in [0.15, 0.2) is 6.20 Å². The zero-order valence-electron chi connectivity index (χ0n) is 22.2. The molecule has 0 spiro atoms. The van der Waals surface area contributed by atoms with Crippen molar-refractivity contribution in [2.24, 2.45) is 12.5 Å². The van der Waals surface area contributed by atoms with E-state index in [1.54, 1.807) is 17.5 Å². The normalized spacial score (nSPS) is 12.8. The van der Waals surface area contributed by atoms with Crippen LogP contribution in [-0.4, -0.2) is 5.51 Å². The summed E-state index contributed by atoms with van der Waals surface area (Å²) in [5.74, 6) is 0. The molecule has 5 rings (SSSR count). The standard InChI is InChI=1S/C31H31F3NS2/c1-17-12-18(2)19(3)24(13-17)27-29-26(25(16-35(27)7)37-31(32,33)34)23-11-9-21-14-20(15-30(4,5)6)8-10-22(21)28(23)36-29/h8-14,16H,15H2,1-7H3/q+1. The zero-order valence-corrected chi connectivity index (χ0v) is 23.9. The average molecular weight is 539 g/mol. The van der Waals surface area contributed by atoms with Crippen molar-refractivity contribution in [1.82, 2.24) is 0 Å². The summed E-state index contributed by atoms with van der Waals surface area (Å²) in [4.78, 5) is 0.241. The maximum Gasteiger partial charge on any atom is 0.446 e. The monoisotopic (exact) mass is 538 g/mol. The van der Waals surface area contributed by atoms with Crippen molar-refractivity contribution in [2.45, 2.75) is 58.4 Å². The van der Waals surface area contributed by atoms with Gasteiger partial charge in [0.1, 0.15) is 11.7 Å². The summed E-state index contributed by atoms with van der Waals surface area (Å²) >= 11 is 1.58. The van der Waals surface area contributed by atoms with Gasteiger partial charge in [0, 0.05) is 15.5 Å². The number of fused-ring (bicyclic) bond motifs is 5. The molecule has 1 nitrogen and oxygen atoms in total.